The minimum atomic E-state index is -5.00. The number of unbranched alkanes of at least 4 members (excludes halogenated alkanes) is 2. The number of benzene rings is 4. The topological polar surface area (TPSA) is 280 Å². The molecule has 0 fully saturated rings. The lowest BCUT2D eigenvalue weighted by molar-refractivity contribution is -0.137. The van der Waals surface area contributed by atoms with Crippen LogP contribution in [0.2, 0.25) is 0 Å². The molecule has 67 heavy (non-hydrogen) atoms. The van der Waals surface area contributed by atoms with E-state index < -0.39 is 82.9 Å². The summed E-state index contributed by atoms with van der Waals surface area (Å²) in [7, 11) is -16.8. The van der Waals surface area contributed by atoms with Crippen LogP contribution < -0.4 is 9.80 Å². The second-order valence-electron chi connectivity index (χ2n) is 17.0. The average Bonchev–Trinajstić information content (AvgIpc) is 3.63. The summed E-state index contributed by atoms with van der Waals surface area (Å²) >= 11 is 0. The van der Waals surface area contributed by atoms with Gasteiger partial charge in [0.2, 0.25) is 0 Å². The zero-order valence-corrected chi connectivity index (χ0v) is 40.7. The number of hydrogen-bond donors (Lipinski definition) is 5. The lowest BCUT2D eigenvalue weighted by atomic mass is 9.74. The zero-order valence-electron chi connectivity index (χ0n) is 37.4. The fourth-order valence-electron chi connectivity index (χ4n) is 9.74. The number of carboxylic acid groups (broad SMARTS) is 1. The molecular weight excluding hydrogens is 953 g/mol. The Balaban J connectivity index is 1.50. The van der Waals surface area contributed by atoms with Gasteiger partial charge in [0.05, 0.1) is 15.8 Å². The predicted octanol–water partition coefficient (Wildman–Crippen LogP) is 6.94. The molecule has 3 unspecified atom stereocenters. The monoisotopic (exact) mass is 1010 g/mol. The van der Waals surface area contributed by atoms with Crippen LogP contribution >= 0.6 is 0 Å². The minimum Gasteiger partial charge on any atom is -0.481 e. The molecule has 3 atom stereocenters. The summed E-state index contributed by atoms with van der Waals surface area (Å²) in [5, 5.41) is 9.67. The second-order valence-corrected chi connectivity index (χ2v) is 22.6. The van der Waals surface area contributed by atoms with E-state index in [0.717, 1.165) is 6.07 Å². The Bertz CT molecular complexity index is 3170. The third-order valence-electron chi connectivity index (χ3n) is 12.8. The van der Waals surface area contributed by atoms with Crippen LogP contribution in [-0.2, 0) is 65.6 Å². The number of rotatable bonds is 20. The van der Waals surface area contributed by atoms with E-state index in [1.165, 1.54) is 38.5 Å². The van der Waals surface area contributed by atoms with Crippen molar-refractivity contribution >= 4 is 79.4 Å². The number of aliphatic carboxylic acids is 1. The SMILES string of the molecule is CCN1c2ccc3c(S(=O)(=O)O)cc(S(=O)(=O)O)cc3c2C(C)(CCOC)C1C=CC=CC=C1N(CCCCCC(=O)O)c2ccc3c(S(=O)(=O)O)cc(S(=O)(=O)O)cc3c2C1(C)CCOC. The fourth-order valence-corrected chi connectivity index (χ4v) is 12.4. The van der Waals surface area contributed by atoms with Crippen molar-refractivity contribution in [2.24, 2.45) is 0 Å². The molecule has 4 aromatic rings. The number of carbonyl (C=O) groups is 1. The molecule has 0 radical (unpaired) electrons. The number of carboxylic acids is 1. The van der Waals surface area contributed by atoms with Crippen LogP contribution in [0.4, 0.5) is 11.4 Å². The Morgan fingerprint density at radius 3 is 1.72 bits per heavy atom. The predicted molar refractivity (Wildman–Crippen MR) is 251 cm³/mol. The molecule has 0 aromatic heterocycles. The number of likely N-dealkylation sites (N-methyl/N-ethyl adjacent to an activating group) is 1. The van der Waals surface area contributed by atoms with Gasteiger partial charge in [0.25, 0.3) is 40.5 Å². The van der Waals surface area contributed by atoms with E-state index in [9.17, 15) is 61.8 Å². The molecule has 4 aromatic carbocycles. The van der Waals surface area contributed by atoms with Gasteiger partial charge < -0.3 is 24.4 Å². The van der Waals surface area contributed by atoms with Gasteiger partial charge in [0.1, 0.15) is 9.79 Å². The maximum atomic E-state index is 12.7. The minimum absolute atomic E-state index is 0.0178. The van der Waals surface area contributed by atoms with Crippen LogP contribution in [0.15, 0.2) is 104 Å². The van der Waals surface area contributed by atoms with Crippen LogP contribution in [0.3, 0.4) is 0 Å². The van der Waals surface area contributed by atoms with E-state index in [1.54, 1.807) is 24.3 Å². The highest BCUT2D eigenvalue weighted by molar-refractivity contribution is 7.87. The number of hydrogen-bond acceptors (Lipinski definition) is 13. The van der Waals surface area contributed by atoms with Gasteiger partial charge in [-0.15, -0.1) is 0 Å². The molecule has 0 aliphatic carbocycles. The Labute approximate surface area is 390 Å². The first-order valence-corrected chi connectivity index (χ1v) is 26.9. The second kappa shape index (κ2) is 19.3. The van der Waals surface area contributed by atoms with Gasteiger partial charge >= 0.3 is 5.97 Å². The van der Waals surface area contributed by atoms with Gasteiger partial charge in [-0.1, -0.05) is 49.8 Å². The third-order valence-corrected chi connectivity index (χ3v) is 16.3. The van der Waals surface area contributed by atoms with E-state index >= 15 is 0 Å². The van der Waals surface area contributed by atoms with E-state index in [-0.39, 0.29) is 41.2 Å². The van der Waals surface area contributed by atoms with Gasteiger partial charge in [-0.3, -0.25) is 23.0 Å². The Kier molecular flexibility index (Phi) is 14.9. The molecule has 0 spiro atoms. The van der Waals surface area contributed by atoms with Crippen molar-refractivity contribution in [3.8, 4) is 0 Å². The third kappa shape index (κ3) is 10.2. The van der Waals surface area contributed by atoms with Crippen LogP contribution in [0, 0.1) is 0 Å². The highest BCUT2D eigenvalue weighted by Gasteiger charge is 2.48. The van der Waals surface area contributed by atoms with Crippen molar-refractivity contribution in [2.45, 2.75) is 95.7 Å². The van der Waals surface area contributed by atoms with Crippen LogP contribution in [-0.4, -0.2) is 110 Å². The van der Waals surface area contributed by atoms with E-state index in [4.69, 9.17) is 9.47 Å². The first-order chi connectivity index (χ1) is 31.2. The quantitative estimate of drug-likeness (QED) is 0.0340. The fraction of sp³-hybridized carbons (Fsp3) is 0.400. The molecule has 364 valence electrons. The highest BCUT2D eigenvalue weighted by atomic mass is 32.2. The number of allylic oxidation sites excluding steroid dienone is 5. The van der Waals surface area contributed by atoms with E-state index in [0.29, 0.717) is 79.5 Å². The maximum Gasteiger partial charge on any atom is 0.303 e. The van der Waals surface area contributed by atoms with Gasteiger partial charge in [0, 0.05) is 85.6 Å². The summed E-state index contributed by atoms with van der Waals surface area (Å²) in [5.41, 5.74) is 1.16. The van der Waals surface area contributed by atoms with Crippen LogP contribution in [0.25, 0.3) is 21.5 Å². The normalized spacial score (nSPS) is 20.9. The standard InChI is InChI=1S/C45H54N2O16S4/c1-6-46-35-18-16-31-33(25-29(64(50,51)52)27-37(31)66(56,57)58)42(35)44(2,20-23-62-4)39(46)13-9-7-10-14-40-45(3,21-24-63-5)43-34-26-30(65(53,54)55)28-38(67(59,60)61)32(34)17-19-36(43)47(40)22-12-8-11-15-41(48)49/h7,9-10,13-14,16-19,25-28,39H,6,8,11-12,15,20-24H2,1-5H3,(H,48,49)(H,50,51,52)(H,53,54,55)(H,56,57,58)(H,59,60,61). The lowest BCUT2D eigenvalue weighted by Crippen LogP contribution is -2.42. The summed E-state index contributed by atoms with van der Waals surface area (Å²) in [4.78, 5) is 12.5. The average molecular weight is 1010 g/mol. The number of anilines is 2. The van der Waals surface area contributed by atoms with Gasteiger partial charge in [-0.25, -0.2) is 0 Å². The summed E-state index contributed by atoms with van der Waals surface area (Å²) in [6, 6.07) is 9.67. The summed E-state index contributed by atoms with van der Waals surface area (Å²) < 4.78 is 152. The summed E-state index contributed by atoms with van der Waals surface area (Å²) in [6.45, 7) is 7.02. The molecular formula is C45H54N2O16S4. The number of nitrogens with zero attached hydrogens (tertiary/aromatic N) is 2. The molecule has 2 aliphatic rings. The lowest BCUT2D eigenvalue weighted by Gasteiger charge is -2.35. The Morgan fingerprint density at radius 2 is 1.21 bits per heavy atom. The largest absolute Gasteiger partial charge is 0.481 e. The molecule has 0 saturated heterocycles. The first-order valence-electron chi connectivity index (χ1n) is 21.2. The number of methoxy groups -OCH3 is 2. The number of fused-ring (bicyclic) bond motifs is 6. The van der Waals surface area contributed by atoms with Crippen molar-refractivity contribution < 1.29 is 71.3 Å². The summed E-state index contributed by atoms with van der Waals surface area (Å²) in [5.74, 6) is -0.929. The number of ether oxygens (including phenoxy) is 2. The van der Waals surface area contributed by atoms with Crippen LogP contribution in [0.5, 0.6) is 0 Å². The van der Waals surface area contributed by atoms with E-state index in [1.807, 2.05) is 43.9 Å². The zero-order chi connectivity index (χ0) is 49.5. The molecule has 5 N–H and O–H groups in total. The molecule has 0 amide bonds. The molecule has 2 aliphatic heterocycles. The Hall–Kier alpha value is -4.75. The Morgan fingerprint density at radius 1 is 0.672 bits per heavy atom. The van der Waals surface area contributed by atoms with Crippen LogP contribution in [0.1, 0.15) is 70.4 Å². The van der Waals surface area contributed by atoms with E-state index in [2.05, 4.69) is 4.90 Å². The first kappa shape index (κ1) is 51.6. The smallest absolute Gasteiger partial charge is 0.303 e. The molecule has 0 bridgehead atoms. The van der Waals surface area contributed by atoms with Crippen molar-refractivity contribution in [1.82, 2.24) is 0 Å². The highest BCUT2D eigenvalue weighted by Crippen LogP contribution is 2.55. The van der Waals surface area contributed by atoms with Gasteiger partial charge in [0.15, 0.2) is 0 Å². The molecule has 0 saturated carbocycles. The molecule has 6 rings (SSSR count). The van der Waals surface area contributed by atoms with Crippen molar-refractivity contribution in [2.75, 3.05) is 50.3 Å². The molecule has 22 heteroatoms. The summed E-state index contributed by atoms with van der Waals surface area (Å²) in [6.07, 6.45) is 11.3. The molecule has 18 nitrogen and oxygen atoms in total. The van der Waals surface area contributed by atoms with Crippen molar-refractivity contribution in [1.29, 1.82) is 0 Å². The van der Waals surface area contributed by atoms with Crippen molar-refractivity contribution in [3.05, 3.63) is 95.7 Å². The maximum absolute atomic E-state index is 12.7. The molecule has 2 heterocycles. The van der Waals surface area contributed by atoms with Gasteiger partial charge in [-0.05, 0) is 104 Å². The van der Waals surface area contributed by atoms with Gasteiger partial charge in [-0.2, -0.15) is 33.7 Å². The van der Waals surface area contributed by atoms with Crippen molar-refractivity contribution in [3.63, 3.8) is 0 Å².